The monoisotopic (exact) mass is 454 g/mol. The molecular formula is C16H14Cl4N2O3S. The normalized spacial score (nSPS) is 11.6. The Kier molecular flexibility index (Phi) is 7.19. The van der Waals surface area contributed by atoms with Crippen LogP contribution in [0.3, 0.4) is 0 Å². The summed E-state index contributed by atoms with van der Waals surface area (Å²) in [7, 11) is -4.01. The molecule has 0 heterocycles. The van der Waals surface area contributed by atoms with Crippen molar-refractivity contribution in [3.63, 3.8) is 0 Å². The van der Waals surface area contributed by atoms with E-state index in [1.807, 2.05) is 0 Å². The minimum absolute atomic E-state index is 0.0222. The molecule has 0 aliphatic carbocycles. The molecule has 1 amide bonds. The van der Waals surface area contributed by atoms with E-state index in [9.17, 15) is 13.2 Å². The number of carbonyl (C=O) groups is 1. The minimum atomic E-state index is -4.01. The van der Waals surface area contributed by atoms with Crippen molar-refractivity contribution in [3.05, 3.63) is 56.5 Å². The minimum Gasteiger partial charge on any atom is -0.324 e. The van der Waals surface area contributed by atoms with Gasteiger partial charge in [-0.05, 0) is 36.4 Å². The first-order valence-corrected chi connectivity index (χ1v) is 10.3. The van der Waals surface area contributed by atoms with E-state index in [-0.39, 0.29) is 26.5 Å². The fourth-order valence-corrected chi connectivity index (χ4v) is 4.72. The van der Waals surface area contributed by atoms with E-state index < -0.39 is 22.5 Å². The van der Waals surface area contributed by atoms with E-state index in [1.165, 1.54) is 30.3 Å². The number of rotatable bonds is 6. The third-order valence-corrected chi connectivity index (χ3v) is 6.57. The van der Waals surface area contributed by atoms with Crippen molar-refractivity contribution >= 4 is 68.0 Å². The van der Waals surface area contributed by atoms with Gasteiger partial charge in [-0.15, -0.1) is 0 Å². The van der Waals surface area contributed by atoms with Gasteiger partial charge in [0.2, 0.25) is 15.9 Å². The van der Waals surface area contributed by atoms with Crippen molar-refractivity contribution in [1.29, 1.82) is 0 Å². The highest BCUT2D eigenvalue weighted by Crippen LogP contribution is 2.28. The Hall–Kier alpha value is -1.02. The van der Waals surface area contributed by atoms with Gasteiger partial charge in [-0.1, -0.05) is 53.3 Å². The molecular weight excluding hydrogens is 442 g/mol. The number of hydrogen-bond donors (Lipinski definition) is 1. The third-order valence-electron chi connectivity index (χ3n) is 3.39. The summed E-state index contributed by atoms with van der Waals surface area (Å²) < 4.78 is 26.6. The summed E-state index contributed by atoms with van der Waals surface area (Å²) >= 11 is 23.7. The van der Waals surface area contributed by atoms with Crippen LogP contribution in [-0.4, -0.2) is 31.7 Å². The first-order chi connectivity index (χ1) is 12.1. The Bertz CT molecular complexity index is 935. The fourth-order valence-electron chi connectivity index (χ4n) is 2.12. The zero-order valence-electron chi connectivity index (χ0n) is 13.5. The van der Waals surface area contributed by atoms with Gasteiger partial charge in [0.05, 0.1) is 22.3 Å². The zero-order valence-corrected chi connectivity index (χ0v) is 17.3. The van der Waals surface area contributed by atoms with Gasteiger partial charge in [-0.3, -0.25) is 4.79 Å². The first-order valence-electron chi connectivity index (χ1n) is 7.35. The molecule has 26 heavy (non-hydrogen) atoms. The lowest BCUT2D eigenvalue weighted by molar-refractivity contribution is -0.116. The van der Waals surface area contributed by atoms with Crippen LogP contribution in [0.25, 0.3) is 0 Å². The van der Waals surface area contributed by atoms with E-state index in [2.05, 4.69) is 5.32 Å². The molecule has 0 atom stereocenters. The van der Waals surface area contributed by atoms with Gasteiger partial charge in [0, 0.05) is 16.6 Å². The molecule has 0 aromatic heterocycles. The molecule has 2 rings (SSSR count). The van der Waals surface area contributed by atoms with Crippen LogP contribution < -0.4 is 5.32 Å². The highest BCUT2D eigenvalue weighted by atomic mass is 35.5. The topological polar surface area (TPSA) is 66.5 Å². The summed E-state index contributed by atoms with van der Waals surface area (Å²) in [5.74, 6) is -0.558. The summed E-state index contributed by atoms with van der Waals surface area (Å²) in [6.45, 7) is 1.26. The summed E-state index contributed by atoms with van der Waals surface area (Å²) in [5.41, 5.74) is 0.329. The van der Waals surface area contributed by atoms with Crippen molar-refractivity contribution < 1.29 is 13.2 Å². The molecule has 0 spiro atoms. The van der Waals surface area contributed by atoms with E-state index in [0.29, 0.717) is 10.7 Å². The number of carbonyl (C=O) groups excluding carboxylic acids is 1. The molecule has 10 heteroatoms. The molecule has 5 nitrogen and oxygen atoms in total. The number of benzene rings is 2. The summed E-state index contributed by atoms with van der Waals surface area (Å²) in [6, 6.07) is 8.67. The van der Waals surface area contributed by atoms with E-state index >= 15 is 0 Å². The van der Waals surface area contributed by atoms with Crippen LogP contribution in [0.5, 0.6) is 0 Å². The maximum Gasteiger partial charge on any atom is 0.245 e. The van der Waals surface area contributed by atoms with Gasteiger partial charge in [-0.2, -0.15) is 4.31 Å². The molecule has 0 radical (unpaired) electrons. The number of sulfonamides is 1. The number of likely N-dealkylation sites (N-methyl/N-ethyl adjacent to an activating group) is 1. The maximum absolute atomic E-state index is 12.8. The van der Waals surface area contributed by atoms with Crippen LogP contribution in [0.1, 0.15) is 6.92 Å². The molecule has 0 aliphatic rings. The van der Waals surface area contributed by atoms with Crippen molar-refractivity contribution in [2.45, 2.75) is 11.8 Å². The second-order valence-electron chi connectivity index (χ2n) is 5.18. The largest absolute Gasteiger partial charge is 0.324 e. The Balaban J connectivity index is 2.22. The Morgan fingerprint density at radius 3 is 2.23 bits per heavy atom. The maximum atomic E-state index is 12.8. The predicted molar refractivity (Wildman–Crippen MR) is 106 cm³/mol. The van der Waals surface area contributed by atoms with Crippen molar-refractivity contribution in [2.24, 2.45) is 0 Å². The predicted octanol–water partition coefficient (Wildman–Crippen LogP) is 4.95. The van der Waals surface area contributed by atoms with Crippen molar-refractivity contribution in [2.75, 3.05) is 18.4 Å². The average molecular weight is 456 g/mol. The van der Waals surface area contributed by atoms with E-state index in [1.54, 1.807) is 13.0 Å². The molecule has 2 aromatic carbocycles. The number of nitrogens with zero attached hydrogens (tertiary/aromatic N) is 1. The second kappa shape index (κ2) is 8.78. The van der Waals surface area contributed by atoms with Crippen LogP contribution in [-0.2, 0) is 14.8 Å². The molecule has 0 fully saturated rings. The van der Waals surface area contributed by atoms with Crippen LogP contribution >= 0.6 is 46.4 Å². The smallest absolute Gasteiger partial charge is 0.245 e. The number of nitrogens with one attached hydrogen (secondary N) is 1. The molecule has 0 unspecified atom stereocenters. The van der Waals surface area contributed by atoms with Gasteiger partial charge in [0.25, 0.3) is 0 Å². The third kappa shape index (κ3) is 5.03. The number of amides is 1. The molecule has 0 aliphatic heterocycles. The van der Waals surface area contributed by atoms with Gasteiger partial charge in [0.1, 0.15) is 4.90 Å². The highest BCUT2D eigenvalue weighted by molar-refractivity contribution is 7.89. The van der Waals surface area contributed by atoms with E-state index in [4.69, 9.17) is 46.4 Å². The Labute approximate surface area is 171 Å². The quantitative estimate of drug-likeness (QED) is 0.669. The number of anilines is 1. The second-order valence-corrected chi connectivity index (χ2v) is 8.77. The molecule has 0 bridgehead atoms. The average Bonchev–Trinajstić information content (AvgIpc) is 2.57. The lowest BCUT2D eigenvalue weighted by atomic mass is 10.3. The van der Waals surface area contributed by atoms with E-state index in [0.717, 1.165) is 4.31 Å². The molecule has 0 saturated heterocycles. The first kappa shape index (κ1) is 21.3. The Morgan fingerprint density at radius 1 is 1.00 bits per heavy atom. The van der Waals surface area contributed by atoms with Crippen LogP contribution in [0.4, 0.5) is 5.69 Å². The summed E-state index contributed by atoms with van der Waals surface area (Å²) in [5, 5.41) is 3.47. The molecule has 1 N–H and O–H groups in total. The fraction of sp³-hybridized carbons (Fsp3) is 0.188. The Morgan fingerprint density at radius 2 is 1.62 bits per heavy atom. The zero-order chi connectivity index (χ0) is 19.5. The highest BCUT2D eigenvalue weighted by Gasteiger charge is 2.28. The lowest BCUT2D eigenvalue weighted by Crippen LogP contribution is -2.38. The molecule has 0 saturated carbocycles. The van der Waals surface area contributed by atoms with Gasteiger partial charge < -0.3 is 5.32 Å². The van der Waals surface area contributed by atoms with Gasteiger partial charge in [-0.25, -0.2) is 8.42 Å². The van der Waals surface area contributed by atoms with Crippen LogP contribution in [0.15, 0.2) is 41.3 Å². The van der Waals surface area contributed by atoms with Crippen molar-refractivity contribution in [3.8, 4) is 0 Å². The van der Waals surface area contributed by atoms with Gasteiger partial charge >= 0.3 is 0 Å². The lowest BCUT2D eigenvalue weighted by Gasteiger charge is -2.21. The molecule has 2 aromatic rings. The number of hydrogen-bond acceptors (Lipinski definition) is 3. The SMILES string of the molecule is CCN(CC(=O)Nc1ccc(Cl)cc1Cl)S(=O)(=O)c1cc(Cl)ccc1Cl. The summed E-state index contributed by atoms with van der Waals surface area (Å²) in [4.78, 5) is 12.1. The summed E-state index contributed by atoms with van der Waals surface area (Å²) in [6.07, 6.45) is 0. The number of halogens is 4. The molecule has 140 valence electrons. The van der Waals surface area contributed by atoms with Crippen LogP contribution in [0, 0.1) is 0 Å². The van der Waals surface area contributed by atoms with Gasteiger partial charge in [0.15, 0.2) is 0 Å². The van der Waals surface area contributed by atoms with Crippen molar-refractivity contribution in [1.82, 2.24) is 4.31 Å². The standard InChI is InChI=1S/C16H14Cl4N2O3S/c1-2-22(26(24,25)15-8-11(18)3-5-12(15)19)9-16(23)21-14-6-4-10(17)7-13(14)20/h3-8H,2,9H2,1H3,(H,21,23). The van der Waals surface area contributed by atoms with Crippen LogP contribution in [0.2, 0.25) is 20.1 Å².